The van der Waals surface area contributed by atoms with Crippen LogP contribution in [0.3, 0.4) is 0 Å². The van der Waals surface area contributed by atoms with Crippen LogP contribution in [0, 0.1) is 0 Å². The van der Waals surface area contributed by atoms with Gasteiger partial charge in [0.25, 0.3) is 0 Å². The van der Waals surface area contributed by atoms with Crippen LogP contribution in [-0.4, -0.2) is 46.5 Å². The highest BCUT2D eigenvalue weighted by Crippen LogP contribution is 2.09. The topological polar surface area (TPSA) is 84.1 Å². The Balaban J connectivity index is 1.80. The smallest absolute Gasteiger partial charge is 0.239 e. The van der Waals surface area contributed by atoms with Gasteiger partial charge in [0.15, 0.2) is 5.82 Å². The van der Waals surface area contributed by atoms with E-state index in [1.165, 1.54) is 6.20 Å². The molecule has 3 N–H and O–H groups in total. The lowest BCUT2D eigenvalue weighted by Crippen LogP contribution is -2.43. The van der Waals surface area contributed by atoms with Gasteiger partial charge < -0.3 is 11.1 Å². The molecule has 1 aromatic heterocycles. The third-order valence-electron chi connectivity index (χ3n) is 2.89. The SMILES string of the molecule is NC1CCN(CC(=O)Nc2cnc(Br)cn2)CC1. The van der Waals surface area contributed by atoms with E-state index in [0.717, 1.165) is 25.9 Å². The monoisotopic (exact) mass is 313 g/mol. The molecule has 1 aliphatic heterocycles. The average molecular weight is 314 g/mol. The van der Waals surface area contributed by atoms with E-state index < -0.39 is 0 Å². The van der Waals surface area contributed by atoms with Gasteiger partial charge in [0.1, 0.15) is 4.60 Å². The fraction of sp³-hybridized carbons (Fsp3) is 0.545. The van der Waals surface area contributed by atoms with Crippen molar-refractivity contribution in [2.75, 3.05) is 25.0 Å². The zero-order valence-corrected chi connectivity index (χ0v) is 11.6. The number of aromatic nitrogens is 2. The molecule has 1 amide bonds. The Morgan fingerprint density at radius 1 is 1.44 bits per heavy atom. The molecule has 0 atom stereocenters. The summed E-state index contributed by atoms with van der Waals surface area (Å²) in [5.41, 5.74) is 5.82. The molecule has 18 heavy (non-hydrogen) atoms. The Kier molecular flexibility index (Phi) is 4.62. The Morgan fingerprint density at radius 3 is 2.78 bits per heavy atom. The molecule has 0 unspecified atom stereocenters. The molecule has 6 nitrogen and oxygen atoms in total. The molecule has 0 radical (unpaired) electrons. The van der Waals surface area contributed by atoms with Gasteiger partial charge in [-0.3, -0.25) is 9.69 Å². The van der Waals surface area contributed by atoms with Crippen molar-refractivity contribution in [2.45, 2.75) is 18.9 Å². The number of nitrogens with zero attached hydrogens (tertiary/aromatic N) is 3. The summed E-state index contributed by atoms with van der Waals surface area (Å²) in [7, 11) is 0. The van der Waals surface area contributed by atoms with E-state index in [9.17, 15) is 4.79 Å². The van der Waals surface area contributed by atoms with E-state index in [4.69, 9.17) is 5.73 Å². The molecule has 0 aromatic carbocycles. The molecule has 98 valence electrons. The van der Waals surface area contributed by atoms with Crippen LogP contribution in [0.5, 0.6) is 0 Å². The number of hydrogen-bond acceptors (Lipinski definition) is 5. The summed E-state index contributed by atoms with van der Waals surface area (Å²) in [5.74, 6) is 0.402. The molecule has 0 saturated carbocycles. The lowest BCUT2D eigenvalue weighted by atomic mass is 10.1. The lowest BCUT2D eigenvalue weighted by molar-refractivity contribution is -0.117. The second-order valence-electron chi connectivity index (χ2n) is 4.39. The minimum atomic E-state index is -0.0675. The zero-order valence-electron chi connectivity index (χ0n) is 9.97. The van der Waals surface area contributed by atoms with E-state index in [0.29, 0.717) is 17.0 Å². The van der Waals surface area contributed by atoms with Crippen LogP contribution in [0.25, 0.3) is 0 Å². The number of carbonyl (C=O) groups is 1. The maximum atomic E-state index is 11.8. The van der Waals surface area contributed by atoms with Crippen LogP contribution in [0.4, 0.5) is 5.82 Å². The van der Waals surface area contributed by atoms with E-state index >= 15 is 0 Å². The van der Waals surface area contributed by atoms with Crippen molar-refractivity contribution < 1.29 is 4.79 Å². The van der Waals surface area contributed by atoms with Crippen LogP contribution in [0.2, 0.25) is 0 Å². The normalized spacial score (nSPS) is 17.7. The number of piperidine rings is 1. The summed E-state index contributed by atoms with van der Waals surface area (Å²) in [6.07, 6.45) is 4.97. The van der Waals surface area contributed by atoms with Crippen LogP contribution in [-0.2, 0) is 4.79 Å². The van der Waals surface area contributed by atoms with Crippen LogP contribution in [0.1, 0.15) is 12.8 Å². The Labute approximate surface area is 114 Å². The van der Waals surface area contributed by atoms with Gasteiger partial charge in [-0.1, -0.05) is 0 Å². The van der Waals surface area contributed by atoms with Crippen molar-refractivity contribution in [3.05, 3.63) is 17.0 Å². The number of carbonyl (C=O) groups excluding carboxylic acids is 1. The lowest BCUT2D eigenvalue weighted by Gasteiger charge is -2.29. The first kappa shape index (κ1) is 13.4. The van der Waals surface area contributed by atoms with Crippen molar-refractivity contribution in [1.82, 2.24) is 14.9 Å². The Morgan fingerprint density at radius 2 is 2.17 bits per heavy atom. The summed E-state index contributed by atoms with van der Waals surface area (Å²) in [6.45, 7) is 2.13. The van der Waals surface area contributed by atoms with E-state index in [-0.39, 0.29) is 11.9 Å². The number of nitrogens with one attached hydrogen (secondary N) is 1. The summed E-state index contributed by atoms with van der Waals surface area (Å²) < 4.78 is 0.644. The molecular weight excluding hydrogens is 298 g/mol. The largest absolute Gasteiger partial charge is 0.328 e. The highest BCUT2D eigenvalue weighted by Gasteiger charge is 2.18. The van der Waals surface area contributed by atoms with E-state index in [2.05, 4.69) is 36.1 Å². The molecule has 1 saturated heterocycles. The first-order chi connectivity index (χ1) is 8.63. The van der Waals surface area contributed by atoms with Crippen LogP contribution in [0.15, 0.2) is 17.0 Å². The molecule has 1 aromatic rings. The maximum Gasteiger partial charge on any atom is 0.239 e. The number of hydrogen-bond donors (Lipinski definition) is 2. The molecule has 0 aliphatic carbocycles. The third-order valence-corrected chi connectivity index (χ3v) is 3.30. The van der Waals surface area contributed by atoms with Gasteiger partial charge in [-0.2, -0.15) is 0 Å². The number of anilines is 1. The van der Waals surface area contributed by atoms with Crippen molar-refractivity contribution >= 4 is 27.7 Å². The van der Waals surface area contributed by atoms with Crippen molar-refractivity contribution in [3.8, 4) is 0 Å². The highest BCUT2D eigenvalue weighted by atomic mass is 79.9. The zero-order chi connectivity index (χ0) is 13.0. The van der Waals surface area contributed by atoms with E-state index in [1.807, 2.05) is 0 Å². The first-order valence-electron chi connectivity index (χ1n) is 5.89. The number of likely N-dealkylation sites (tertiary alicyclic amines) is 1. The van der Waals surface area contributed by atoms with Crippen LogP contribution >= 0.6 is 15.9 Å². The molecular formula is C11H16BrN5O. The average Bonchev–Trinajstić information content (AvgIpc) is 2.35. The van der Waals surface area contributed by atoms with Gasteiger partial charge in [0.05, 0.1) is 18.9 Å². The van der Waals surface area contributed by atoms with Gasteiger partial charge in [0, 0.05) is 19.1 Å². The van der Waals surface area contributed by atoms with Gasteiger partial charge in [-0.05, 0) is 28.8 Å². The molecule has 1 aliphatic rings. The predicted octanol–water partition coefficient (Wildman–Crippen LogP) is 0.601. The molecule has 1 fully saturated rings. The first-order valence-corrected chi connectivity index (χ1v) is 6.68. The standard InChI is InChI=1S/C11H16BrN5O/c12-9-5-15-10(6-14-9)16-11(18)7-17-3-1-8(13)2-4-17/h5-6,8H,1-4,7,13H2,(H,15,16,18). The molecule has 0 spiro atoms. The van der Waals surface area contributed by atoms with Crippen molar-refractivity contribution in [1.29, 1.82) is 0 Å². The second-order valence-corrected chi connectivity index (χ2v) is 5.20. The number of rotatable bonds is 3. The minimum absolute atomic E-state index is 0.0675. The molecule has 2 rings (SSSR count). The molecule has 7 heteroatoms. The summed E-state index contributed by atoms with van der Waals surface area (Å²) in [5, 5.41) is 2.72. The summed E-state index contributed by atoms with van der Waals surface area (Å²) >= 11 is 3.19. The van der Waals surface area contributed by atoms with Gasteiger partial charge in [0.2, 0.25) is 5.91 Å². The van der Waals surface area contributed by atoms with Crippen LogP contribution < -0.4 is 11.1 Å². The van der Waals surface area contributed by atoms with Gasteiger partial charge in [-0.25, -0.2) is 9.97 Å². The number of amides is 1. The summed E-state index contributed by atoms with van der Waals surface area (Å²) in [4.78, 5) is 21.9. The fourth-order valence-corrected chi connectivity index (χ4v) is 2.08. The molecule has 0 bridgehead atoms. The second kappa shape index (κ2) is 6.21. The predicted molar refractivity (Wildman–Crippen MR) is 72.0 cm³/mol. The van der Waals surface area contributed by atoms with E-state index in [1.54, 1.807) is 6.20 Å². The minimum Gasteiger partial charge on any atom is -0.328 e. The van der Waals surface area contributed by atoms with Crippen molar-refractivity contribution in [3.63, 3.8) is 0 Å². The van der Waals surface area contributed by atoms with Gasteiger partial charge >= 0.3 is 0 Å². The molecule has 2 heterocycles. The van der Waals surface area contributed by atoms with Gasteiger partial charge in [-0.15, -0.1) is 0 Å². The summed E-state index contributed by atoms with van der Waals surface area (Å²) in [6, 6.07) is 0.279. The number of halogens is 1. The Bertz CT molecular complexity index is 402. The third kappa shape index (κ3) is 4.01. The quantitative estimate of drug-likeness (QED) is 0.853. The Hall–Kier alpha value is -1.05. The maximum absolute atomic E-state index is 11.8. The number of nitrogens with two attached hydrogens (primary N) is 1. The fourth-order valence-electron chi connectivity index (χ4n) is 1.87. The highest BCUT2D eigenvalue weighted by molar-refractivity contribution is 9.10. The van der Waals surface area contributed by atoms with Crippen molar-refractivity contribution in [2.24, 2.45) is 5.73 Å².